The molecule has 2 atom stereocenters. The number of nitrogens with one attached hydrogen (secondary N) is 1. The van der Waals surface area contributed by atoms with E-state index >= 15 is 0 Å². The molecule has 19 heavy (non-hydrogen) atoms. The quantitative estimate of drug-likeness (QED) is 0.811. The van der Waals surface area contributed by atoms with Crippen molar-refractivity contribution in [2.75, 3.05) is 19.7 Å². The van der Waals surface area contributed by atoms with Gasteiger partial charge in [-0.2, -0.15) is 0 Å². The van der Waals surface area contributed by atoms with Crippen LogP contribution in [-0.4, -0.2) is 19.7 Å². The zero-order chi connectivity index (χ0) is 13.7. The maximum atomic E-state index is 6.30. The van der Waals surface area contributed by atoms with Crippen LogP contribution in [0.3, 0.4) is 0 Å². The lowest BCUT2D eigenvalue weighted by Crippen LogP contribution is -2.32. The van der Waals surface area contributed by atoms with Crippen molar-refractivity contribution in [3.8, 4) is 0 Å². The van der Waals surface area contributed by atoms with Crippen molar-refractivity contribution in [3.05, 3.63) is 33.8 Å². The van der Waals surface area contributed by atoms with Crippen LogP contribution in [0.25, 0.3) is 0 Å². The Hall–Kier alpha value is -0.280. The molecule has 1 heterocycles. The lowest BCUT2D eigenvalue weighted by Gasteiger charge is -2.33. The number of rotatable bonds is 5. The van der Waals surface area contributed by atoms with Crippen LogP contribution in [0.2, 0.25) is 10.0 Å². The van der Waals surface area contributed by atoms with Crippen LogP contribution >= 0.6 is 23.2 Å². The van der Waals surface area contributed by atoms with Gasteiger partial charge in [0.1, 0.15) is 0 Å². The highest BCUT2D eigenvalue weighted by Gasteiger charge is 2.28. The lowest BCUT2D eigenvalue weighted by atomic mass is 9.89. The Balaban J connectivity index is 2.09. The second kappa shape index (κ2) is 7.49. The van der Waals surface area contributed by atoms with E-state index in [1.807, 2.05) is 12.1 Å². The summed E-state index contributed by atoms with van der Waals surface area (Å²) in [5.74, 6) is 0.485. The number of hydrogen-bond acceptors (Lipinski definition) is 2. The largest absolute Gasteiger partial charge is 0.373 e. The molecule has 1 fully saturated rings. The van der Waals surface area contributed by atoms with Gasteiger partial charge in [0.25, 0.3) is 0 Å². The minimum absolute atomic E-state index is 0.0860. The molecular formula is C15H21Cl2NO. The van der Waals surface area contributed by atoms with Gasteiger partial charge in [-0.05, 0) is 43.5 Å². The fourth-order valence-electron chi connectivity index (χ4n) is 2.59. The third kappa shape index (κ3) is 4.09. The monoisotopic (exact) mass is 301 g/mol. The average Bonchev–Trinajstić information content (AvgIpc) is 2.40. The molecule has 0 radical (unpaired) electrons. The van der Waals surface area contributed by atoms with Crippen LogP contribution in [-0.2, 0) is 4.74 Å². The summed E-state index contributed by atoms with van der Waals surface area (Å²) in [5.41, 5.74) is 1.06. The molecule has 1 saturated heterocycles. The molecule has 2 rings (SSSR count). The van der Waals surface area contributed by atoms with Crippen LogP contribution in [0.15, 0.2) is 18.2 Å². The number of halogens is 2. The predicted molar refractivity (Wildman–Crippen MR) is 81.0 cm³/mol. The number of ether oxygens (including phenoxy) is 1. The van der Waals surface area contributed by atoms with E-state index in [1.54, 1.807) is 6.07 Å². The summed E-state index contributed by atoms with van der Waals surface area (Å²) < 4.78 is 5.96. The molecule has 106 valence electrons. The average molecular weight is 302 g/mol. The van der Waals surface area contributed by atoms with Gasteiger partial charge in [-0.25, -0.2) is 0 Å². The number of hydrogen-bond donors (Lipinski definition) is 1. The maximum Gasteiger partial charge on any atom is 0.0879 e. The van der Waals surface area contributed by atoms with Crippen molar-refractivity contribution >= 4 is 23.2 Å². The van der Waals surface area contributed by atoms with E-state index in [2.05, 4.69) is 12.2 Å². The third-order valence-electron chi connectivity index (χ3n) is 3.55. The smallest absolute Gasteiger partial charge is 0.0879 e. The fourth-order valence-corrected chi connectivity index (χ4v) is 3.11. The zero-order valence-corrected chi connectivity index (χ0v) is 12.8. The van der Waals surface area contributed by atoms with Gasteiger partial charge in [0.15, 0.2) is 0 Å². The summed E-state index contributed by atoms with van der Waals surface area (Å²) in [6.07, 6.45) is 3.54. The van der Waals surface area contributed by atoms with Crippen LogP contribution in [0, 0.1) is 5.92 Å². The van der Waals surface area contributed by atoms with Crippen LogP contribution in [0.5, 0.6) is 0 Å². The second-order valence-electron chi connectivity index (χ2n) is 5.06. The normalized spacial score (nSPS) is 23.5. The van der Waals surface area contributed by atoms with E-state index < -0.39 is 0 Å². The molecule has 1 aliphatic rings. The molecule has 1 N–H and O–H groups in total. The molecule has 0 spiro atoms. The minimum atomic E-state index is 0.0860. The lowest BCUT2D eigenvalue weighted by molar-refractivity contribution is -0.0276. The Bertz CT molecular complexity index is 411. The SMILES string of the molecule is CCCNCC1CCCOC1c1ccc(Cl)cc1Cl. The van der Waals surface area contributed by atoms with E-state index in [4.69, 9.17) is 27.9 Å². The Morgan fingerprint density at radius 1 is 1.37 bits per heavy atom. The zero-order valence-electron chi connectivity index (χ0n) is 11.3. The van der Waals surface area contributed by atoms with E-state index in [0.29, 0.717) is 16.0 Å². The summed E-state index contributed by atoms with van der Waals surface area (Å²) >= 11 is 12.3. The Morgan fingerprint density at radius 2 is 2.21 bits per heavy atom. The van der Waals surface area contributed by atoms with Gasteiger partial charge in [-0.15, -0.1) is 0 Å². The minimum Gasteiger partial charge on any atom is -0.373 e. The van der Waals surface area contributed by atoms with Crippen molar-refractivity contribution in [2.24, 2.45) is 5.92 Å². The van der Waals surface area contributed by atoms with Crippen LogP contribution in [0.1, 0.15) is 37.9 Å². The van der Waals surface area contributed by atoms with Crippen molar-refractivity contribution in [2.45, 2.75) is 32.3 Å². The Kier molecular flexibility index (Phi) is 5.96. The van der Waals surface area contributed by atoms with Gasteiger partial charge < -0.3 is 10.1 Å². The molecule has 0 aliphatic carbocycles. The first-order valence-corrected chi connectivity index (χ1v) is 7.75. The molecular weight excluding hydrogens is 281 g/mol. The highest BCUT2D eigenvalue weighted by molar-refractivity contribution is 6.35. The van der Waals surface area contributed by atoms with E-state index in [9.17, 15) is 0 Å². The van der Waals surface area contributed by atoms with E-state index in [1.165, 1.54) is 6.42 Å². The standard InChI is InChI=1S/C15H21Cl2NO/c1-2-7-18-10-11-4-3-8-19-15(11)13-6-5-12(16)9-14(13)17/h5-6,9,11,15,18H,2-4,7-8,10H2,1H3. The molecule has 0 bridgehead atoms. The van der Waals surface area contributed by atoms with Crippen molar-refractivity contribution in [1.82, 2.24) is 5.32 Å². The van der Waals surface area contributed by atoms with Gasteiger partial charge in [-0.3, -0.25) is 0 Å². The van der Waals surface area contributed by atoms with Gasteiger partial charge in [0.05, 0.1) is 6.10 Å². The molecule has 0 amide bonds. The molecule has 2 nitrogen and oxygen atoms in total. The van der Waals surface area contributed by atoms with Gasteiger partial charge in [0, 0.05) is 29.1 Å². The second-order valence-corrected chi connectivity index (χ2v) is 5.91. The fraction of sp³-hybridized carbons (Fsp3) is 0.600. The molecule has 0 aromatic heterocycles. The van der Waals surface area contributed by atoms with E-state index in [-0.39, 0.29) is 6.10 Å². The van der Waals surface area contributed by atoms with Crippen molar-refractivity contribution in [3.63, 3.8) is 0 Å². The summed E-state index contributed by atoms with van der Waals surface area (Å²) in [5, 5.41) is 4.87. The van der Waals surface area contributed by atoms with Crippen molar-refractivity contribution < 1.29 is 4.74 Å². The first-order chi connectivity index (χ1) is 9.22. The summed E-state index contributed by atoms with van der Waals surface area (Å²) in [6, 6.07) is 5.68. The molecule has 4 heteroatoms. The first kappa shape index (κ1) is 15.1. The van der Waals surface area contributed by atoms with Gasteiger partial charge in [-0.1, -0.05) is 36.2 Å². The maximum absolute atomic E-state index is 6.30. The Labute approximate surface area is 125 Å². The topological polar surface area (TPSA) is 21.3 Å². The molecule has 2 unspecified atom stereocenters. The van der Waals surface area contributed by atoms with E-state index in [0.717, 1.165) is 38.1 Å². The Morgan fingerprint density at radius 3 is 2.95 bits per heavy atom. The van der Waals surface area contributed by atoms with Gasteiger partial charge >= 0.3 is 0 Å². The first-order valence-electron chi connectivity index (χ1n) is 6.99. The highest BCUT2D eigenvalue weighted by Crippen LogP contribution is 2.37. The molecule has 1 aromatic carbocycles. The van der Waals surface area contributed by atoms with Crippen LogP contribution < -0.4 is 5.32 Å². The number of benzene rings is 1. The third-order valence-corrected chi connectivity index (χ3v) is 4.11. The molecule has 0 saturated carbocycles. The predicted octanol–water partition coefficient (Wildman–Crippen LogP) is 4.46. The summed E-state index contributed by atoms with van der Waals surface area (Å²) in [7, 11) is 0. The summed E-state index contributed by atoms with van der Waals surface area (Å²) in [6.45, 7) is 5.03. The highest BCUT2D eigenvalue weighted by atomic mass is 35.5. The van der Waals surface area contributed by atoms with Crippen LogP contribution in [0.4, 0.5) is 0 Å². The van der Waals surface area contributed by atoms with Gasteiger partial charge in [0.2, 0.25) is 0 Å². The summed E-state index contributed by atoms with van der Waals surface area (Å²) in [4.78, 5) is 0. The van der Waals surface area contributed by atoms with Crippen molar-refractivity contribution in [1.29, 1.82) is 0 Å². The molecule has 1 aromatic rings. The molecule has 1 aliphatic heterocycles.